The van der Waals surface area contributed by atoms with E-state index in [1.165, 1.54) is 17.9 Å². The Morgan fingerprint density at radius 2 is 1.88 bits per heavy atom. The number of anilines is 3. The first-order valence-corrected chi connectivity index (χ1v) is 10.6. The second-order valence-corrected chi connectivity index (χ2v) is 8.19. The zero-order valence-electron chi connectivity index (χ0n) is 19.3. The van der Waals surface area contributed by atoms with Crippen LogP contribution in [0.1, 0.15) is 32.3 Å². The second-order valence-electron chi connectivity index (χ2n) is 8.19. The van der Waals surface area contributed by atoms with Gasteiger partial charge in [0, 0.05) is 45.0 Å². The summed E-state index contributed by atoms with van der Waals surface area (Å²) in [4.78, 5) is 22.0. The normalized spacial score (nSPS) is 11.1. The van der Waals surface area contributed by atoms with Crippen molar-refractivity contribution in [3.63, 3.8) is 0 Å². The van der Waals surface area contributed by atoms with Crippen LogP contribution in [-0.2, 0) is 11.8 Å². The minimum absolute atomic E-state index is 0.0795. The molecule has 0 aliphatic rings. The number of fused-ring (bicyclic) bond motifs is 1. The minimum atomic E-state index is -0.212. The van der Waals surface area contributed by atoms with E-state index in [1.807, 2.05) is 49.7 Å². The van der Waals surface area contributed by atoms with Gasteiger partial charge in [0.2, 0.25) is 11.9 Å². The molecule has 0 unspecified atom stereocenters. The number of halogens is 1. The molecule has 4 aromatic rings. The molecule has 2 aromatic carbocycles. The molecule has 0 aliphatic carbocycles. The molecule has 8 heteroatoms. The SMILES string of the molecule is CC(=O)N(C)c1cc(Oc2ccc3c(c2)nc(Nc2ccc(F)c(C(C)C)c2)n3C)ccn1. The van der Waals surface area contributed by atoms with Gasteiger partial charge in [0.1, 0.15) is 23.1 Å². The molecule has 0 aliphatic heterocycles. The zero-order chi connectivity index (χ0) is 23.7. The predicted octanol–water partition coefficient (Wildman–Crippen LogP) is 5.75. The van der Waals surface area contributed by atoms with Crippen LogP contribution in [0.3, 0.4) is 0 Å². The Labute approximate surface area is 191 Å². The average molecular weight is 448 g/mol. The summed E-state index contributed by atoms with van der Waals surface area (Å²) in [5.74, 6) is 2.07. The monoisotopic (exact) mass is 447 g/mol. The van der Waals surface area contributed by atoms with Crippen LogP contribution in [0.2, 0.25) is 0 Å². The summed E-state index contributed by atoms with van der Waals surface area (Å²) in [6.45, 7) is 5.40. The van der Waals surface area contributed by atoms with Gasteiger partial charge < -0.3 is 19.5 Å². The maximum absolute atomic E-state index is 14.1. The maximum atomic E-state index is 14.1. The second kappa shape index (κ2) is 8.90. The molecule has 0 saturated carbocycles. The number of pyridine rings is 1. The molecule has 0 bridgehead atoms. The van der Waals surface area contributed by atoms with E-state index < -0.39 is 0 Å². The third-order valence-electron chi connectivity index (χ3n) is 5.50. The number of nitrogens with one attached hydrogen (secondary N) is 1. The van der Waals surface area contributed by atoms with Crippen LogP contribution in [0.25, 0.3) is 11.0 Å². The first kappa shape index (κ1) is 22.3. The third-order valence-corrected chi connectivity index (χ3v) is 5.50. The number of rotatable bonds is 6. The number of hydrogen-bond donors (Lipinski definition) is 1. The van der Waals surface area contributed by atoms with Crippen molar-refractivity contribution in [2.75, 3.05) is 17.3 Å². The number of ether oxygens (including phenoxy) is 1. The Bertz CT molecular complexity index is 1330. The molecule has 0 spiro atoms. The molecule has 4 rings (SSSR count). The molecule has 2 heterocycles. The fourth-order valence-electron chi connectivity index (χ4n) is 3.49. The van der Waals surface area contributed by atoms with E-state index in [2.05, 4.69) is 15.3 Å². The first-order valence-electron chi connectivity index (χ1n) is 10.6. The summed E-state index contributed by atoms with van der Waals surface area (Å²) in [5, 5.41) is 3.28. The van der Waals surface area contributed by atoms with Crippen molar-refractivity contribution in [2.24, 2.45) is 7.05 Å². The van der Waals surface area contributed by atoms with E-state index >= 15 is 0 Å². The van der Waals surface area contributed by atoms with Gasteiger partial charge in [-0.3, -0.25) is 4.79 Å². The number of carbonyl (C=O) groups excluding carboxylic acids is 1. The van der Waals surface area contributed by atoms with E-state index in [-0.39, 0.29) is 17.6 Å². The van der Waals surface area contributed by atoms with Crippen molar-refractivity contribution >= 4 is 34.4 Å². The standard InChI is InChI=1S/C25H26FN5O2/c1-15(2)20-12-17(6-8-21(20)26)28-25-29-22-13-18(7-9-23(22)31(25)5)33-19-10-11-27-24(14-19)30(4)16(3)32/h6-15H,1-5H3,(H,28,29). The lowest BCUT2D eigenvalue weighted by Crippen LogP contribution is -2.23. The molecular weight excluding hydrogens is 421 g/mol. The predicted molar refractivity (Wildman–Crippen MR) is 128 cm³/mol. The first-order chi connectivity index (χ1) is 15.7. The fraction of sp³-hybridized carbons (Fsp3) is 0.240. The number of carbonyl (C=O) groups is 1. The Morgan fingerprint density at radius 3 is 2.61 bits per heavy atom. The van der Waals surface area contributed by atoms with Crippen LogP contribution < -0.4 is 15.0 Å². The van der Waals surface area contributed by atoms with Crippen LogP contribution in [0.4, 0.5) is 21.8 Å². The number of aryl methyl sites for hydroxylation is 1. The molecule has 0 radical (unpaired) electrons. The lowest BCUT2D eigenvalue weighted by Gasteiger charge is -2.14. The largest absolute Gasteiger partial charge is 0.457 e. The quantitative estimate of drug-likeness (QED) is 0.407. The summed E-state index contributed by atoms with van der Waals surface area (Å²) in [5.41, 5.74) is 3.09. The van der Waals surface area contributed by atoms with E-state index in [9.17, 15) is 9.18 Å². The van der Waals surface area contributed by atoms with Gasteiger partial charge in [-0.1, -0.05) is 13.8 Å². The van der Waals surface area contributed by atoms with Crippen molar-refractivity contribution in [3.05, 3.63) is 66.1 Å². The van der Waals surface area contributed by atoms with Crippen LogP contribution in [-0.4, -0.2) is 27.5 Å². The van der Waals surface area contributed by atoms with E-state index in [0.29, 0.717) is 28.8 Å². The molecule has 1 amide bonds. The zero-order valence-corrected chi connectivity index (χ0v) is 19.3. The van der Waals surface area contributed by atoms with Gasteiger partial charge >= 0.3 is 0 Å². The number of benzene rings is 2. The van der Waals surface area contributed by atoms with Gasteiger partial charge in [-0.2, -0.15) is 0 Å². The number of imidazole rings is 1. The lowest BCUT2D eigenvalue weighted by atomic mass is 10.0. The number of aromatic nitrogens is 3. The molecule has 33 heavy (non-hydrogen) atoms. The van der Waals surface area contributed by atoms with Gasteiger partial charge in [-0.05, 0) is 47.9 Å². The molecule has 2 aromatic heterocycles. The van der Waals surface area contributed by atoms with Gasteiger partial charge in [0.25, 0.3) is 0 Å². The summed E-state index contributed by atoms with van der Waals surface area (Å²) < 4.78 is 22.0. The smallest absolute Gasteiger partial charge is 0.224 e. The Morgan fingerprint density at radius 1 is 1.12 bits per heavy atom. The van der Waals surface area contributed by atoms with Gasteiger partial charge in [0.15, 0.2) is 0 Å². The summed E-state index contributed by atoms with van der Waals surface area (Å²) in [6.07, 6.45) is 1.60. The van der Waals surface area contributed by atoms with Crippen molar-refractivity contribution in [1.29, 1.82) is 0 Å². The highest BCUT2D eigenvalue weighted by Gasteiger charge is 2.13. The molecular formula is C25H26FN5O2. The molecule has 0 saturated heterocycles. The average Bonchev–Trinajstić information content (AvgIpc) is 3.09. The van der Waals surface area contributed by atoms with Gasteiger partial charge in [-0.15, -0.1) is 0 Å². The Balaban J connectivity index is 1.59. The van der Waals surface area contributed by atoms with Crippen molar-refractivity contribution < 1.29 is 13.9 Å². The van der Waals surface area contributed by atoms with Crippen molar-refractivity contribution in [1.82, 2.24) is 14.5 Å². The fourth-order valence-corrected chi connectivity index (χ4v) is 3.49. The molecule has 170 valence electrons. The number of nitrogens with zero attached hydrogens (tertiary/aromatic N) is 4. The van der Waals surface area contributed by atoms with Crippen LogP contribution in [0.15, 0.2) is 54.7 Å². The molecule has 0 atom stereocenters. The van der Waals surface area contributed by atoms with Crippen LogP contribution in [0, 0.1) is 5.82 Å². The summed E-state index contributed by atoms with van der Waals surface area (Å²) in [6, 6.07) is 14.1. The molecule has 7 nitrogen and oxygen atoms in total. The van der Waals surface area contributed by atoms with Crippen molar-refractivity contribution in [2.45, 2.75) is 26.7 Å². The van der Waals surface area contributed by atoms with Crippen molar-refractivity contribution in [3.8, 4) is 11.5 Å². The highest BCUT2D eigenvalue weighted by atomic mass is 19.1. The van der Waals surface area contributed by atoms with Gasteiger partial charge in [0.05, 0.1) is 11.0 Å². The summed E-state index contributed by atoms with van der Waals surface area (Å²) in [7, 11) is 3.58. The third kappa shape index (κ3) is 4.64. The maximum Gasteiger partial charge on any atom is 0.224 e. The van der Waals surface area contributed by atoms with E-state index in [1.54, 1.807) is 31.4 Å². The van der Waals surface area contributed by atoms with E-state index in [0.717, 1.165) is 16.7 Å². The van der Waals surface area contributed by atoms with Crippen LogP contribution in [0.5, 0.6) is 11.5 Å². The van der Waals surface area contributed by atoms with Gasteiger partial charge in [-0.25, -0.2) is 14.4 Å². The lowest BCUT2D eigenvalue weighted by molar-refractivity contribution is -0.116. The number of amides is 1. The highest BCUT2D eigenvalue weighted by Crippen LogP contribution is 2.30. The molecule has 0 fully saturated rings. The Hall–Kier alpha value is -3.94. The number of hydrogen-bond acceptors (Lipinski definition) is 5. The Kier molecular flexibility index (Phi) is 6.00. The minimum Gasteiger partial charge on any atom is -0.457 e. The molecule has 1 N–H and O–H groups in total. The van der Waals surface area contributed by atoms with E-state index in [4.69, 9.17) is 4.74 Å². The highest BCUT2D eigenvalue weighted by molar-refractivity contribution is 5.90. The topological polar surface area (TPSA) is 72.3 Å². The van der Waals surface area contributed by atoms with Crippen LogP contribution >= 0.6 is 0 Å². The summed E-state index contributed by atoms with van der Waals surface area (Å²) >= 11 is 0.